The maximum atomic E-state index is 11.7. The molecule has 2 N–H and O–H groups in total. The number of rotatable bonds is 2. The minimum absolute atomic E-state index is 0. The van der Waals surface area contributed by atoms with Crippen LogP contribution in [0.15, 0.2) is 0 Å². The summed E-state index contributed by atoms with van der Waals surface area (Å²) in [7, 11) is 0. The molecule has 0 aromatic carbocycles. The summed E-state index contributed by atoms with van der Waals surface area (Å²) in [5.74, 6) is 1.03. The summed E-state index contributed by atoms with van der Waals surface area (Å²) in [6.07, 6.45) is 2.12. The molecule has 0 saturated heterocycles. The second-order valence-corrected chi connectivity index (χ2v) is 5.53. The summed E-state index contributed by atoms with van der Waals surface area (Å²) in [4.78, 5) is 11.7. The third kappa shape index (κ3) is 1.84. The fraction of sp³-hybridized carbons (Fsp3) is 0.917. The van der Waals surface area contributed by atoms with Crippen molar-refractivity contribution < 1.29 is 9.53 Å². The van der Waals surface area contributed by atoms with E-state index in [0.717, 1.165) is 6.42 Å². The molecule has 4 unspecified atom stereocenters. The third-order valence-electron chi connectivity index (χ3n) is 4.60. The van der Waals surface area contributed by atoms with Crippen molar-refractivity contribution in [2.45, 2.75) is 39.7 Å². The van der Waals surface area contributed by atoms with Gasteiger partial charge >= 0.3 is 5.97 Å². The first-order chi connectivity index (χ1) is 6.98. The summed E-state index contributed by atoms with van der Waals surface area (Å²) >= 11 is 0. The van der Waals surface area contributed by atoms with Crippen LogP contribution in [0, 0.1) is 23.2 Å². The fourth-order valence-corrected chi connectivity index (χ4v) is 3.36. The molecule has 3 saturated carbocycles. The van der Waals surface area contributed by atoms with E-state index in [1.54, 1.807) is 0 Å². The highest BCUT2D eigenvalue weighted by Gasteiger charge is 2.58. The van der Waals surface area contributed by atoms with Gasteiger partial charge in [0.05, 0.1) is 12.5 Å². The lowest BCUT2D eigenvalue weighted by molar-refractivity contribution is -0.164. The molecule has 3 aliphatic carbocycles. The van der Waals surface area contributed by atoms with Crippen LogP contribution in [0.4, 0.5) is 0 Å². The standard InChI is InChI=1S/C12H21NO2.ClH/c1-4-15-11(14)8-5-7-6-9(10(8)13)12(7,2)3;/h7-10H,4-6,13H2,1-3H3;1H. The number of nitrogens with two attached hydrogens (primary N) is 1. The van der Waals surface area contributed by atoms with Gasteiger partial charge < -0.3 is 10.5 Å². The molecule has 0 aromatic heterocycles. The van der Waals surface area contributed by atoms with Crippen LogP contribution in [0.2, 0.25) is 0 Å². The molecule has 2 bridgehead atoms. The Bertz CT molecular complexity index is 280. The van der Waals surface area contributed by atoms with Gasteiger partial charge in [0, 0.05) is 6.04 Å². The normalized spacial score (nSPS) is 39.2. The van der Waals surface area contributed by atoms with Crippen molar-refractivity contribution >= 4 is 18.4 Å². The number of carbonyl (C=O) groups excluding carboxylic acids is 1. The van der Waals surface area contributed by atoms with Crippen molar-refractivity contribution in [1.82, 2.24) is 0 Å². The summed E-state index contributed by atoms with van der Waals surface area (Å²) in [6.45, 7) is 6.85. The lowest BCUT2D eigenvalue weighted by Crippen LogP contribution is -2.62. The van der Waals surface area contributed by atoms with Gasteiger partial charge in [-0.15, -0.1) is 12.4 Å². The monoisotopic (exact) mass is 247 g/mol. The summed E-state index contributed by atoms with van der Waals surface area (Å²) in [5, 5.41) is 0. The van der Waals surface area contributed by atoms with Gasteiger partial charge in [-0.25, -0.2) is 0 Å². The first kappa shape index (κ1) is 13.8. The SMILES string of the molecule is CCOC(=O)C1CC2CC(C1N)C2(C)C.Cl. The largest absolute Gasteiger partial charge is 0.466 e. The first-order valence-corrected chi connectivity index (χ1v) is 5.90. The Morgan fingerprint density at radius 1 is 1.44 bits per heavy atom. The maximum absolute atomic E-state index is 11.7. The van der Waals surface area contributed by atoms with E-state index in [4.69, 9.17) is 10.5 Å². The molecule has 0 aromatic rings. The average Bonchev–Trinajstić information content (AvgIpc) is 2.17. The minimum atomic E-state index is -0.0878. The van der Waals surface area contributed by atoms with Crippen molar-refractivity contribution in [2.24, 2.45) is 28.9 Å². The van der Waals surface area contributed by atoms with Gasteiger partial charge in [0.1, 0.15) is 0 Å². The average molecular weight is 248 g/mol. The van der Waals surface area contributed by atoms with Crippen LogP contribution in [-0.4, -0.2) is 18.6 Å². The lowest BCUT2D eigenvalue weighted by atomic mass is 9.45. The zero-order valence-corrected chi connectivity index (χ0v) is 11.0. The number of fused-ring (bicyclic) bond motifs is 2. The molecule has 0 aliphatic heterocycles. The Hall–Kier alpha value is -0.280. The number of ether oxygens (including phenoxy) is 1. The molecule has 3 rings (SSSR count). The predicted octanol–water partition coefficient (Wildman–Crippen LogP) is 1.98. The van der Waals surface area contributed by atoms with Gasteiger partial charge in [-0.3, -0.25) is 4.79 Å². The molecule has 0 spiro atoms. The highest BCUT2D eigenvalue weighted by atomic mass is 35.5. The maximum Gasteiger partial charge on any atom is 0.310 e. The van der Waals surface area contributed by atoms with E-state index in [-0.39, 0.29) is 30.3 Å². The molecule has 3 fully saturated rings. The number of hydrogen-bond acceptors (Lipinski definition) is 3. The van der Waals surface area contributed by atoms with E-state index >= 15 is 0 Å². The molecular formula is C12H22ClNO2. The highest BCUT2D eigenvalue weighted by molar-refractivity contribution is 5.85. The van der Waals surface area contributed by atoms with Crippen molar-refractivity contribution in [3.05, 3.63) is 0 Å². The van der Waals surface area contributed by atoms with Crippen molar-refractivity contribution in [3.8, 4) is 0 Å². The van der Waals surface area contributed by atoms with Crippen molar-refractivity contribution in [2.75, 3.05) is 6.61 Å². The molecule has 0 heterocycles. The Balaban J connectivity index is 0.00000128. The van der Waals surface area contributed by atoms with Crippen molar-refractivity contribution in [3.63, 3.8) is 0 Å². The van der Waals surface area contributed by atoms with Crippen LogP contribution in [0.25, 0.3) is 0 Å². The van der Waals surface area contributed by atoms with Gasteiger partial charge in [0.25, 0.3) is 0 Å². The number of esters is 1. The zero-order valence-electron chi connectivity index (χ0n) is 10.2. The Labute approximate surface area is 104 Å². The number of carbonyl (C=O) groups is 1. The Morgan fingerprint density at radius 2 is 2.06 bits per heavy atom. The molecular weight excluding hydrogens is 226 g/mol. The Kier molecular flexibility index (Phi) is 3.91. The molecule has 0 amide bonds. The van der Waals surface area contributed by atoms with Gasteiger partial charge in [0.2, 0.25) is 0 Å². The van der Waals surface area contributed by atoms with Crippen LogP contribution < -0.4 is 5.73 Å². The molecule has 4 atom stereocenters. The van der Waals surface area contributed by atoms with E-state index in [0.29, 0.717) is 23.9 Å². The summed E-state index contributed by atoms with van der Waals surface area (Å²) in [6, 6.07) is 0.00375. The smallest absolute Gasteiger partial charge is 0.310 e. The third-order valence-corrected chi connectivity index (χ3v) is 4.60. The first-order valence-electron chi connectivity index (χ1n) is 5.90. The lowest BCUT2D eigenvalue weighted by Gasteiger charge is -2.61. The van der Waals surface area contributed by atoms with Gasteiger partial charge in [0.15, 0.2) is 0 Å². The zero-order chi connectivity index (χ0) is 11.2. The summed E-state index contributed by atoms with van der Waals surface area (Å²) in [5.41, 5.74) is 6.50. The molecule has 3 nitrogen and oxygen atoms in total. The topological polar surface area (TPSA) is 52.3 Å². The van der Waals surface area contributed by atoms with E-state index < -0.39 is 0 Å². The number of halogens is 1. The summed E-state index contributed by atoms with van der Waals surface area (Å²) < 4.78 is 5.07. The van der Waals surface area contributed by atoms with E-state index in [2.05, 4.69) is 13.8 Å². The van der Waals surface area contributed by atoms with Crippen LogP contribution in [0.1, 0.15) is 33.6 Å². The van der Waals surface area contributed by atoms with Crippen LogP contribution >= 0.6 is 12.4 Å². The minimum Gasteiger partial charge on any atom is -0.466 e. The molecule has 0 radical (unpaired) electrons. The van der Waals surface area contributed by atoms with E-state index in [9.17, 15) is 4.79 Å². The van der Waals surface area contributed by atoms with Crippen molar-refractivity contribution in [1.29, 1.82) is 0 Å². The Morgan fingerprint density at radius 3 is 2.50 bits per heavy atom. The molecule has 94 valence electrons. The highest BCUT2D eigenvalue weighted by Crippen LogP contribution is 2.60. The van der Waals surface area contributed by atoms with Gasteiger partial charge in [-0.1, -0.05) is 13.8 Å². The fourth-order valence-electron chi connectivity index (χ4n) is 3.36. The van der Waals surface area contributed by atoms with E-state index in [1.165, 1.54) is 6.42 Å². The van der Waals surface area contributed by atoms with E-state index in [1.807, 2.05) is 6.92 Å². The second-order valence-electron chi connectivity index (χ2n) is 5.53. The quantitative estimate of drug-likeness (QED) is 0.760. The number of hydrogen-bond donors (Lipinski definition) is 1. The van der Waals surface area contributed by atoms with Crippen LogP contribution in [0.3, 0.4) is 0 Å². The second kappa shape index (κ2) is 4.53. The van der Waals surface area contributed by atoms with Gasteiger partial charge in [-0.2, -0.15) is 0 Å². The molecule has 3 aliphatic rings. The predicted molar refractivity (Wildman–Crippen MR) is 65.3 cm³/mol. The molecule has 4 heteroatoms. The van der Waals surface area contributed by atoms with Crippen LogP contribution in [-0.2, 0) is 9.53 Å². The van der Waals surface area contributed by atoms with Gasteiger partial charge in [-0.05, 0) is 37.0 Å². The van der Waals surface area contributed by atoms with Crippen LogP contribution in [0.5, 0.6) is 0 Å². The molecule has 16 heavy (non-hydrogen) atoms.